The normalized spacial score (nSPS) is 10.4. The number of fused-ring (bicyclic) bond motifs is 1. The minimum Gasteiger partial charge on any atom is -0.456 e. The molecule has 2 N–H and O–H groups in total. The number of benzene rings is 1. The van der Waals surface area contributed by atoms with Crippen molar-refractivity contribution >= 4 is 22.8 Å². The number of hydrogen-bond donors (Lipinski definition) is 2. The van der Waals surface area contributed by atoms with Crippen molar-refractivity contribution in [2.24, 2.45) is 0 Å². The van der Waals surface area contributed by atoms with Crippen LogP contribution in [0.3, 0.4) is 0 Å². The molecule has 5 heteroatoms. The van der Waals surface area contributed by atoms with E-state index >= 15 is 0 Å². The van der Waals surface area contributed by atoms with Crippen LogP contribution < -0.4 is 5.32 Å². The highest BCUT2D eigenvalue weighted by atomic mass is 16.5. The van der Waals surface area contributed by atoms with Gasteiger partial charge in [0.15, 0.2) is 6.61 Å². The molecule has 0 aliphatic rings. The Morgan fingerprint density at radius 2 is 2.14 bits per heavy atom. The van der Waals surface area contributed by atoms with Crippen molar-refractivity contribution in [3.8, 4) is 0 Å². The molecule has 0 bridgehead atoms. The first-order chi connectivity index (χ1) is 10.7. The Labute approximate surface area is 129 Å². The lowest BCUT2D eigenvalue weighted by atomic mass is 10.1. The number of carbonyl (C=O) groups excluding carboxylic acids is 2. The fourth-order valence-corrected chi connectivity index (χ4v) is 2.22. The molecule has 22 heavy (non-hydrogen) atoms. The van der Waals surface area contributed by atoms with Crippen LogP contribution in [0.15, 0.2) is 43.1 Å². The SMILES string of the molecule is C=CCNC(=O)COC(=O)CCCc1c[nH]c2ccccc12. The topological polar surface area (TPSA) is 71.2 Å². The molecule has 0 saturated carbocycles. The summed E-state index contributed by atoms with van der Waals surface area (Å²) in [4.78, 5) is 26.1. The summed E-state index contributed by atoms with van der Waals surface area (Å²) < 4.78 is 4.91. The summed E-state index contributed by atoms with van der Waals surface area (Å²) in [6, 6.07) is 8.06. The van der Waals surface area contributed by atoms with Gasteiger partial charge in [0.1, 0.15) is 0 Å². The fourth-order valence-electron chi connectivity index (χ4n) is 2.22. The van der Waals surface area contributed by atoms with Gasteiger partial charge < -0.3 is 15.0 Å². The highest BCUT2D eigenvalue weighted by Gasteiger charge is 2.08. The molecule has 2 aromatic rings. The van der Waals surface area contributed by atoms with Crippen molar-refractivity contribution < 1.29 is 14.3 Å². The number of esters is 1. The number of amides is 1. The Kier molecular flexibility index (Phi) is 5.77. The van der Waals surface area contributed by atoms with Gasteiger partial charge in [0.05, 0.1) is 0 Å². The Morgan fingerprint density at radius 1 is 1.32 bits per heavy atom. The first kappa shape index (κ1) is 15.8. The van der Waals surface area contributed by atoms with Crippen molar-refractivity contribution in [1.82, 2.24) is 10.3 Å². The average Bonchev–Trinajstić information content (AvgIpc) is 2.94. The summed E-state index contributed by atoms with van der Waals surface area (Å²) in [6.45, 7) is 3.62. The van der Waals surface area contributed by atoms with Gasteiger partial charge in [-0.3, -0.25) is 9.59 Å². The highest BCUT2D eigenvalue weighted by Crippen LogP contribution is 2.19. The van der Waals surface area contributed by atoms with Crippen molar-refractivity contribution in [3.05, 3.63) is 48.7 Å². The van der Waals surface area contributed by atoms with Gasteiger partial charge in [-0.2, -0.15) is 0 Å². The molecule has 0 spiro atoms. The van der Waals surface area contributed by atoms with E-state index in [0.29, 0.717) is 19.4 Å². The molecule has 0 radical (unpaired) electrons. The first-order valence-electron chi connectivity index (χ1n) is 7.29. The lowest BCUT2D eigenvalue weighted by Crippen LogP contribution is -2.28. The molecule has 1 aromatic heterocycles. The van der Waals surface area contributed by atoms with Gasteiger partial charge >= 0.3 is 5.97 Å². The molecule has 0 aliphatic carbocycles. The molecule has 1 amide bonds. The van der Waals surface area contributed by atoms with Crippen LogP contribution in [0.1, 0.15) is 18.4 Å². The zero-order chi connectivity index (χ0) is 15.8. The second-order valence-electron chi connectivity index (χ2n) is 4.97. The van der Waals surface area contributed by atoms with Gasteiger partial charge in [-0.25, -0.2) is 0 Å². The van der Waals surface area contributed by atoms with Gasteiger partial charge in [0.2, 0.25) is 0 Å². The predicted octanol–water partition coefficient (Wildman–Crippen LogP) is 2.34. The second kappa shape index (κ2) is 8.02. The molecule has 116 valence electrons. The largest absolute Gasteiger partial charge is 0.456 e. The van der Waals surface area contributed by atoms with Gasteiger partial charge in [-0.15, -0.1) is 6.58 Å². The standard InChI is InChI=1S/C17H20N2O3/c1-2-10-18-16(20)12-22-17(21)9-5-6-13-11-19-15-8-4-3-7-14(13)15/h2-4,7-8,11,19H,1,5-6,9-10,12H2,(H,18,20). The number of aromatic amines is 1. The van der Waals surface area contributed by atoms with E-state index in [4.69, 9.17) is 4.74 Å². The van der Waals surface area contributed by atoms with Crippen LogP contribution in [0.4, 0.5) is 0 Å². The lowest BCUT2D eigenvalue weighted by Gasteiger charge is -2.05. The van der Waals surface area contributed by atoms with E-state index in [1.54, 1.807) is 6.08 Å². The molecule has 0 fully saturated rings. The maximum atomic E-state index is 11.6. The van der Waals surface area contributed by atoms with Crippen molar-refractivity contribution in [2.45, 2.75) is 19.3 Å². The molecule has 1 aromatic carbocycles. The molecule has 5 nitrogen and oxygen atoms in total. The summed E-state index contributed by atoms with van der Waals surface area (Å²) in [5.74, 6) is -0.668. The molecular weight excluding hydrogens is 280 g/mol. The van der Waals surface area contributed by atoms with E-state index in [-0.39, 0.29) is 18.5 Å². The van der Waals surface area contributed by atoms with Crippen LogP contribution in [0.2, 0.25) is 0 Å². The van der Waals surface area contributed by atoms with Crippen molar-refractivity contribution in [3.63, 3.8) is 0 Å². The van der Waals surface area contributed by atoms with Crippen LogP contribution in [0.25, 0.3) is 10.9 Å². The van der Waals surface area contributed by atoms with Crippen molar-refractivity contribution in [2.75, 3.05) is 13.2 Å². The average molecular weight is 300 g/mol. The monoisotopic (exact) mass is 300 g/mol. The quantitative estimate of drug-likeness (QED) is 0.580. The smallest absolute Gasteiger partial charge is 0.306 e. The minimum atomic E-state index is -0.353. The maximum Gasteiger partial charge on any atom is 0.306 e. The molecule has 0 atom stereocenters. The van der Waals surface area contributed by atoms with Gasteiger partial charge in [0.25, 0.3) is 5.91 Å². The fraction of sp³-hybridized carbons (Fsp3) is 0.294. The number of rotatable bonds is 8. The summed E-state index contributed by atoms with van der Waals surface area (Å²) in [7, 11) is 0. The molecule has 1 heterocycles. The van der Waals surface area contributed by atoms with Crippen LogP contribution in [-0.2, 0) is 20.7 Å². The third-order valence-electron chi connectivity index (χ3n) is 3.31. The van der Waals surface area contributed by atoms with Gasteiger partial charge in [0, 0.05) is 30.1 Å². The number of nitrogens with one attached hydrogen (secondary N) is 2. The van der Waals surface area contributed by atoms with Gasteiger partial charge in [-0.05, 0) is 24.5 Å². The Balaban J connectivity index is 1.71. The lowest BCUT2D eigenvalue weighted by molar-refractivity contribution is -0.148. The molecule has 2 rings (SSSR count). The van der Waals surface area contributed by atoms with Crippen LogP contribution in [0, 0.1) is 0 Å². The Morgan fingerprint density at radius 3 is 2.95 bits per heavy atom. The molecule has 0 unspecified atom stereocenters. The van der Waals surface area contributed by atoms with E-state index in [9.17, 15) is 9.59 Å². The summed E-state index contributed by atoms with van der Waals surface area (Å²) >= 11 is 0. The summed E-state index contributed by atoms with van der Waals surface area (Å²) in [5.41, 5.74) is 2.28. The Hall–Kier alpha value is -2.56. The summed E-state index contributed by atoms with van der Waals surface area (Å²) in [5, 5.41) is 3.73. The minimum absolute atomic E-state index is 0.236. The number of para-hydroxylation sites is 1. The molecular formula is C17H20N2O3. The maximum absolute atomic E-state index is 11.6. The van der Waals surface area contributed by atoms with E-state index in [1.807, 2.05) is 24.4 Å². The van der Waals surface area contributed by atoms with E-state index in [0.717, 1.165) is 11.9 Å². The predicted molar refractivity (Wildman–Crippen MR) is 85.4 cm³/mol. The van der Waals surface area contributed by atoms with Crippen molar-refractivity contribution in [1.29, 1.82) is 0 Å². The van der Waals surface area contributed by atoms with E-state index in [2.05, 4.69) is 22.9 Å². The van der Waals surface area contributed by atoms with Crippen LogP contribution in [0.5, 0.6) is 0 Å². The number of H-pyrrole nitrogens is 1. The Bertz CT molecular complexity index is 661. The molecule has 0 aliphatic heterocycles. The number of ether oxygens (including phenoxy) is 1. The number of hydrogen-bond acceptors (Lipinski definition) is 3. The zero-order valence-corrected chi connectivity index (χ0v) is 12.4. The molecule has 0 saturated heterocycles. The second-order valence-corrected chi connectivity index (χ2v) is 4.97. The third kappa shape index (κ3) is 4.48. The third-order valence-corrected chi connectivity index (χ3v) is 3.31. The summed E-state index contributed by atoms with van der Waals surface area (Å²) in [6.07, 6.45) is 5.32. The number of aromatic nitrogens is 1. The highest BCUT2D eigenvalue weighted by molar-refractivity contribution is 5.83. The first-order valence-corrected chi connectivity index (χ1v) is 7.29. The van der Waals surface area contributed by atoms with E-state index in [1.165, 1.54) is 10.9 Å². The van der Waals surface area contributed by atoms with Crippen LogP contribution >= 0.6 is 0 Å². The van der Waals surface area contributed by atoms with Gasteiger partial charge in [-0.1, -0.05) is 24.3 Å². The number of carbonyl (C=O) groups is 2. The van der Waals surface area contributed by atoms with Crippen LogP contribution in [-0.4, -0.2) is 30.0 Å². The number of aryl methyl sites for hydroxylation is 1. The zero-order valence-electron chi connectivity index (χ0n) is 12.4. The van der Waals surface area contributed by atoms with E-state index < -0.39 is 0 Å².